The number of carbonyl (C=O) groups is 1. The SMILES string of the molecule is Cc1cccc(O[C@@H](C)C(=O)Nc2cc(-c3ccc(F)c(F)c3)no2)c1C. The number of carbonyl (C=O) groups excluding carboxylic acids is 1. The second-order valence-corrected chi connectivity index (χ2v) is 6.15. The fourth-order valence-electron chi connectivity index (χ4n) is 2.44. The van der Waals surface area contributed by atoms with E-state index in [1.165, 1.54) is 12.1 Å². The molecule has 27 heavy (non-hydrogen) atoms. The Labute approximate surface area is 154 Å². The summed E-state index contributed by atoms with van der Waals surface area (Å²) in [7, 11) is 0. The fraction of sp³-hybridized carbons (Fsp3) is 0.200. The molecule has 0 unspecified atom stereocenters. The van der Waals surface area contributed by atoms with Crippen molar-refractivity contribution in [3.8, 4) is 17.0 Å². The second kappa shape index (κ2) is 7.57. The van der Waals surface area contributed by atoms with Gasteiger partial charge in [0.2, 0.25) is 5.88 Å². The molecule has 0 bridgehead atoms. The lowest BCUT2D eigenvalue weighted by Crippen LogP contribution is -2.30. The van der Waals surface area contributed by atoms with Crippen LogP contribution in [0.4, 0.5) is 14.7 Å². The van der Waals surface area contributed by atoms with Crippen LogP contribution in [0.15, 0.2) is 47.0 Å². The molecule has 140 valence electrons. The first-order chi connectivity index (χ1) is 12.8. The Morgan fingerprint density at radius 2 is 1.93 bits per heavy atom. The van der Waals surface area contributed by atoms with Crippen LogP contribution in [0, 0.1) is 25.5 Å². The Morgan fingerprint density at radius 1 is 1.15 bits per heavy atom. The highest BCUT2D eigenvalue weighted by Crippen LogP contribution is 2.24. The maximum atomic E-state index is 13.3. The van der Waals surface area contributed by atoms with Gasteiger partial charge in [-0.3, -0.25) is 10.1 Å². The van der Waals surface area contributed by atoms with E-state index in [4.69, 9.17) is 9.26 Å². The van der Waals surface area contributed by atoms with E-state index >= 15 is 0 Å². The van der Waals surface area contributed by atoms with Gasteiger partial charge in [0.15, 0.2) is 17.7 Å². The van der Waals surface area contributed by atoms with Crippen LogP contribution in [0.1, 0.15) is 18.1 Å². The summed E-state index contributed by atoms with van der Waals surface area (Å²) in [4.78, 5) is 12.3. The number of nitrogens with one attached hydrogen (secondary N) is 1. The van der Waals surface area contributed by atoms with Gasteiger partial charge < -0.3 is 9.26 Å². The lowest BCUT2D eigenvalue weighted by Gasteiger charge is -2.16. The van der Waals surface area contributed by atoms with E-state index in [0.29, 0.717) is 11.3 Å². The van der Waals surface area contributed by atoms with Crippen LogP contribution < -0.4 is 10.1 Å². The van der Waals surface area contributed by atoms with Gasteiger partial charge in [0.1, 0.15) is 11.4 Å². The van der Waals surface area contributed by atoms with E-state index in [1.807, 2.05) is 26.0 Å². The number of hydrogen-bond donors (Lipinski definition) is 1. The number of ether oxygens (including phenoxy) is 1. The summed E-state index contributed by atoms with van der Waals surface area (Å²) in [6, 6.07) is 10.4. The van der Waals surface area contributed by atoms with Crippen molar-refractivity contribution < 1.29 is 22.8 Å². The maximum absolute atomic E-state index is 13.3. The predicted octanol–water partition coefficient (Wildman–Crippen LogP) is 4.64. The van der Waals surface area contributed by atoms with Crippen molar-refractivity contribution in [2.45, 2.75) is 26.9 Å². The van der Waals surface area contributed by atoms with Crippen molar-refractivity contribution in [1.29, 1.82) is 0 Å². The first-order valence-corrected chi connectivity index (χ1v) is 8.31. The Hall–Kier alpha value is -3.22. The standard InChI is InChI=1S/C20H18F2N2O3/c1-11-5-4-6-18(12(11)2)26-13(3)20(25)23-19-10-17(24-27-19)14-7-8-15(21)16(22)9-14/h4-10,13H,1-3H3,(H,23,25)/t13-/m0/s1. The molecule has 2 aromatic carbocycles. The molecule has 1 atom stereocenters. The van der Waals surface area contributed by atoms with Crippen molar-refractivity contribution in [3.63, 3.8) is 0 Å². The average molecular weight is 372 g/mol. The van der Waals surface area contributed by atoms with Gasteiger partial charge >= 0.3 is 0 Å². The molecule has 0 saturated heterocycles. The van der Waals surface area contributed by atoms with Gasteiger partial charge in [0.05, 0.1) is 0 Å². The summed E-state index contributed by atoms with van der Waals surface area (Å²) in [6.07, 6.45) is -0.776. The molecule has 1 aromatic heterocycles. The number of nitrogens with zero attached hydrogens (tertiary/aromatic N) is 1. The Morgan fingerprint density at radius 3 is 2.67 bits per heavy atom. The molecule has 0 saturated carbocycles. The monoisotopic (exact) mass is 372 g/mol. The number of aromatic nitrogens is 1. The number of rotatable bonds is 5. The topological polar surface area (TPSA) is 64.4 Å². The van der Waals surface area contributed by atoms with Gasteiger partial charge in [-0.2, -0.15) is 0 Å². The Kier molecular flexibility index (Phi) is 5.21. The van der Waals surface area contributed by atoms with Gasteiger partial charge in [-0.1, -0.05) is 17.3 Å². The normalized spacial score (nSPS) is 11.9. The minimum atomic E-state index is -0.989. The van der Waals surface area contributed by atoms with E-state index in [-0.39, 0.29) is 11.6 Å². The van der Waals surface area contributed by atoms with Crippen LogP contribution in [0.3, 0.4) is 0 Å². The molecule has 1 heterocycles. The van der Waals surface area contributed by atoms with E-state index < -0.39 is 23.6 Å². The highest BCUT2D eigenvalue weighted by molar-refractivity contribution is 5.93. The van der Waals surface area contributed by atoms with Crippen molar-refractivity contribution in [3.05, 3.63) is 65.2 Å². The zero-order chi connectivity index (χ0) is 19.6. The van der Waals surface area contributed by atoms with Crippen LogP contribution >= 0.6 is 0 Å². The quantitative estimate of drug-likeness (QED) is 0.708. The number of benzene rings is 2. The Bertz CT molecular complexity index is 985. The van der Waals surface area contributed by atoms with Crippen LogP contribution in [0.25, 0.3) is 11.3 Å². The lowest BCUT2D eigenvalue weighted by atomic mass is 10.1. The summed E-state index contributed by atoms with van der Waals surface area (Å²) >= 11 is 0. The van der Waals surface area contributed by atoms with Crippen LogP contribution in [-0.2, 0) is 4.79 Å². The summed E-state index contributed by atoms with van der Waals surface area (Å²) in [5.74, 6) is -1.66. The number of halogens is 2. The molecule has 0 aliphatic heterocycles. The molecule has 1 amide bonds. The van der Waals surface area contributed by atoms with Crippen LogP contribution in [0.2, 0.25) is 0 Å². The van der Waals surface area contributed by atoms with Gasteiger partial charge in [-0.05, 0) is 56.2 Å². The molecule has 3 rings (SSSR count). The molecule has 0 spiro atoms. The van der Waals surface area contributed by atoms with E-state index in [0.717, 1.165) is 23.3 Å². The highest BCUT2D eigenvalue weighted by Gasteiger charge is 2.19. The molecule has 7 heteroatoms. The van der Waals surface area contributed by atoms with Crippen molar-refractivity contribution in [2.75, 3.05) is 5.32 Å². The average Bonchev–Trinajstić information content (AvgIpc) is 3.09. The molecular weight excluding hydrogens is 354 g/mol. The minimum Gasteiger partial charge on any atom is -0.481 e. The van der Waals surface area contributed by atoms with Gasteiger partial charge in [-0.15, -0.1) is 0 Å². The minimum absolute atomic E-state index is 0.0798. The third kappa shape index (κ3) is 4.13. The third-order valence-corrected chi connectivity index (χ3v) is 4.20. The van der Waals surface area contributed by atoms with E-state index in [2.05, 4.69) is 10.5 Å². The highest BCUT2D eigenvalue weighted by atomic mass is 19.2. The first kappa shape index (κ1) is 18.6. The lowest BCUT2D eigenvalue weighted by molar-refractivity contribution is -0.122. The smallest absolute Gasteiger partial charge is 0.267 e. The summed E-state index contributed by atoms with van der Waals surface area (Å²) in [6.45, 7) is 5.49. The molecule has 3 aromatic rings. The molecule has 5 nitrogen and oxygen atoms in total. The van der Waals surface area contributed by atoms with Gasteiger partial charge in [-0.25, -0.2) is 8.78 Å². The summed E-state index contributed by atoms with van der Waals surface area (Å²) in [5.41, 5.74) is 2.62. The second-order valence-electron chi connectivity index (χ2n) is 6.15. The third-order valence-electron chi connectivity index (χ3n) is 4.20. The Balaban J connectivity index is 1.68. The summed E-state index contributed by atoms with van der Waals surface area (Å²) < 4.78 is 37.1. The predicted molar refractivity (Wildman–Crippen MR) is 96.5 cm³/mol. The van der Waals surface area contributed by atoms with Crippen molar-refractivity contribution >= 4 is 11.8 Å². The maximum Gasteiger partial charge on any atom is 0.267 e. The molecule has 0 aliphatic carbocycles. The zero-order valence-corrected chi connectivity index (χ0v) is 15.0. The molecular formula is C20H18F2N2O3. The molecule has 0 aliphatic rings. The van der Waals surface area contributed by atoms with Gasteiger partial charge in [0, 0.05) is 11.6 Å². The van der Waals surface area contributed by atoms with Crippen molar-refractivity contribution in [1.82, 2.24) is 5.16 Å². The first-order valence-electron chi connectivity index (χ1n) is 8.31. The number of amides is 1. The number of hydrogen-bond acceptors (Lipinski definition) is 4. The number of aryl methyl sites for hydroxylation is 1. The fourth-order valence-corrected chi connectivity index (χ4v) is 2.44. The van der Waals surface area contributed by atoms with Crippen LogP contribution in [0.5, 0.6) is 5.75 Å². The van der Waals surface area contributed by atoms with Crippen LogP contribution in [-0.4, -0.2) is 17.2 Å². The van der Waals surface area contributed by atoms with Gasteiger partial charge in [0.25, 0.3) is 5.91 Å². The summed E-state index contributed by atoms with van der Waals surface area (Å²) in [5, 5.41) is 6.31. The molecule has 0 radical (unpaired) electrons. The number of anilines is 1. The van der Waals surface area contributed by atoms with E-state index in [9.17, 15) is 13.6 Å². The molecule has 0 fully saturated rings. The van der Waals surface area contributed by atoms with Crippen molar-refractivity contribution in [2.24, 2.45) is 0 Å². The molecule has 1 N–H and O–H groups in total. The zero-order valence-electron chi connectivity index (χ0n) is 15.0. The van der Waals surface area contributed by atoms with E-state index in [1.54, 1.807) is 13.0 Å². The largest absolute Gasteiger partial charge is 0.481 e.